The van der Waals surface area contributed by atoms with Crippen molar-refractivity contribution in [2.24, 2.45) is 0 Å². The van der Waals surface area contributed by atoms with Crippen molar-refractivity contribution in [2.45, 2.75) is 58.7 Å². The van der Waals surface area contributed by atoms with E-state index in [1.54, 1.807) is 13.8 Å². The molecular weight excluding hydrogens is 168 g/mol. The Hall–Kier alpha value is -0.570. The van der Waals surface area contributed by atoms with Gasteiger partial charge in [0.15, 0.2) is 0 Å². The summed E-state index contributed by atoms with van der Waals surface area (Å²) in [6.07, 6.45) is 2.51. The van der Waals surface area contributed by atoms with Crippen LogP contribution in [0.5, 0.6) is 0 Å². The second kappa shape index (κ2) is 6.89. The van der Waals surface area contributed by atoms with Crippen LogP contribution in [-0.2, 0) is 9.53 Å². The summed E-state index contributed by atoms with van der Waals surface area (Å²) < 4.78 is 4.97. The molecule has 0 aromatic heterocycles. The van der Waals surface area contributed by atoms with Gasteiger partial charge in [0.1, 0.15) is 6.10 Å². The van der Waals surface area contributed by atoms with Gasteiger partial charge in [-0.3, -0.25) is 4.79 Å². The third kappa shape index (κ3) is 6.58. The van der Waals surface area contributed by atoms with E-state index in [2.05, 4.69) is 6.92 Å². The van der Waals surface area contributed by atoms with Crippen molar-refractivity contribution >= 4 is 5.97 Å². The molecule has 2 atom stereocenters. The highest BCUT2D eigenvalue weighted by atomic mass is 16.6. The van der Waals surface area contributed by atoms with Crippen molar-refractivity contribution in [1.82, 2.24) is 0 Å². The van der Waals surface area contributed by atoms with E-state index in [0.717, 1.165) is 19.3 Å². The van der Waals surface area contributed by atoms with E-state index in [1.807, 2.05) is 0 Å². The quantitative estimate of drug-likeness (QED) is 0.511. The highest BCUT2D eigenvalue weighted by molar-refractivity contribution is 5.69. The van der Waals surface area contributed by atoms with Gasteiger partial charge in [-0.2, -0.15) is 0 Å². The highest BCUT2D eigenvalue weighted by Crippen LogP contribution is 2.04. The molecule has 0 aromatic rings. The van der Waals surface area contributed by atoms with Gasteiger partial charge in [-0.05, 0) is 20.3 Å². The van der Waals surface area contributed by atoms with Gasteiger partial charge in [0, 0.05) is 6.42 Å². The molecule has 1 N–H and O–H groups in total. The standard InChI is InChI=1S/C10H20O3/c1-4-5-6-7-10(12)13-9(3)8(2)11/h8-9,11H,4-7H2,1-3H3/t8-,9+/m0/s1. The van der Waals surface area contributed by atoms with Gasteiger partial charge >= 0.3 is 5.97 Å². The second-order valence-corrected chi connectivity index (χ2v) is 3.39. The lowest BCUT2D eigenvalue weighted by Crippen LogP contribution is -2.25. The molecule has 0 radical (unpaired) electrons. The van der Waals surface area contributed by atoms with Crippen LogP contribution in [0.4, 0.5) is 0 Å². The largest absolute Gasteiger partial charge is 0.460 e. The van der Waals surface area contributed by atoms with E-state index in [1.165, 1.54) is 0 Å². The van der Waals surface area contributed by atoms with Crippen LogP contribution in [0.3, 0.4) is 0 Å². The van der Waals surface area contributed by atoms with E-state index in [-0.39, 0.29) is 5.97 Å². The summed E-state index contributed by atoms with van der Waals surface area (Å²) >= 11 is 0. The number of rotatable bonds is 6. The fraction of sp³-hybridized carbons (Fsp3) is 0.900. The molecule has 0 aromatic carbocycles. The smallest absolute Gasteiger partial charge is 0.306 e. The third-order valence-corrected chi connectivity index (χ3v) is 1.98. The number of ether oxygens (including phenoxy) is 1. The second-order valence-electron chi connectivity index (χ2n) is 3.39. The summed E-state index contributed by atoms with van der Waals surface area (Å²) in [7, 11) is 0. The molecule has 0 saturated carbocycles. The molecule has 0 spiro atoms. The Labute approximate surface area is 80.1 Å². The number of esters is 1. The van der Waals surface area contributed by atoms with Gasteiger partial charge in [-0.1, -0.05) is 19.8 Å². The van der Waals surface area contributed by atoms with Gasteiger partial charge in [-0.25, -0.2) is 0 Å². The van der Waals surface area contributed by atoms with Crippen LogP contribution in [0.15, 0.2) is 0 Å². The first-order chi connectivity index (χ1) is 6.07. The van der Waals surface area contributed by atoms with Crippen LogP contribution in [0.1, 0.15) is 46.5 Å². The molecule has 0 rings (SSSR count). The van der Waals surface area contributed by atoms with Crippen molar-refractivity contribution in [3.8, 4) is 0 Å². The molecule has 0 amide bonds. The average Bonchev–Trinajstić information content (AvgIpc) is 2.04. The Morgan fingerprint density at radius 2 is 2.00 bits per heavy atom. The topological polar surface area (TPSA) is 46.5 Å². The number of unbranched alkanes of at least 4 members (excludes halogenated alkanes) is 2. The Balaban J connectivity index is 3.50. The van der Waals surface area contributed by atoms with Gasteiger partial charge < -0.3 is 9.84 Å². The molecule has 13 heavy (non-hydrogen) atoms. The van der Waals surface area contributed by atoms with Gasteiger partial charge in [0.05, 0.1) is 6.10 Å². The normalized spacial score (nSPS) is 15.1. The van der Waals surface area contributed by atoms with Crippen molar-refractivity contribution in [1.29, 1.82) is 0 Å². The maximum absolute atomic E-state index is 11.1. The zero-order valence-corrected chi connectivity index (χ0v) is 8.75. The fourth-order valence-electron chi connectivity index (χ4n) is 0.884. The zero-order valence-electron chi connectivity index (χ0n) is 8.75. The van der Waals surface area contributed by atoms with E-state index in [4.69, 9.17) is 9.84 Å². The van der Waals surface area contributed by atoms with Gasteiger partial charge in [0.2, 0.25) is 0 Å². The number of hydrogen-bond acceptors (Lipinski definition) is 3. The molecule has 78 valence electrons. The Bertz CT molecular complexity index is 143. The molecule has 0 aliphatic carbocycles. The molecule has 0 aliphatic rings. The van der Waals surface area contributed by atoms with E-state index in [0.29, 0.717) is 6.42 Å². The summed E-state index contributed by atoms with van der Waals surface area (Å²) in [5.41, 5.74) is 0. The number of hydrogen-bond donors (Lipinski definition) is 1. The lowest BCUT2D eigenvalue weighted by atomic mass is 10.2. The van der Waals surface area contributed by atoms with E-state index < -0.39 is 12.2 Å². The summed E-state index contributed by atoms with van der Waals surface area (Å²) in [6.45, 7) is 5.40. The first-order valence-electron chi connectivity index (χ1n) is 4.95. The van der Waals surface area contributed by atoms with E-state index >= 15 is 0 Å². The predicted molar refractivity (Wildman–Crippen MR) is 51.4 cm³/mol. The average molecular weight is 188 g/mol. The number of aliphatic hydroxyl groups is 1. The van der Waals surface area contributed by atoms with Crippen molar-refractivity contribution in [2.75, 3.05) is 0 Å². The lowest BCUT2D eigenvalue weighted by Gasteiger charge is -2.15. The Morgan fingerprint density at radius 1 is 1.38 bits per heavy atom. The minimum Gasteiger partial charge on any atom is -0.460 e. The van der Waals surface area contributed by atoms with Crippen molar-refractivity contribution in [3.05, 3.63) is 0 Å². The molecule has 0 saturated heterocycles. The molecule has 3 nitrogen and oxygen atoms in total. The van der Waals surface area contributed by atoms with Crippen LogP contribution in [-0.4, -0.2) is 23.3 Å². The maximum atomic E-state index is 11.1. The summed E-state index contributed by atoms with van der Waals surface area (Å²) in [5.74, 6) is -0.207. The minimum absolute atomic E-state index is 0.207. The van der Waals surface area contributed by atoms with Gasteiger partial charge in [-0.15, -0.1) is 0 Å². The summed E-state index contributed by atoms with van der Waals surface area (Å²) in [4.78, 5) is 11.1. The third-order valence-electron chi connectivity index (χ3n) is 1.98. The molecule has 0 unspecified atom stereocenters. The van der Waals surface area contributed by atoms with Gasteiger partial charge in [0.25, 0.3) is 0 Å². The molecular formula is C10H20O3. The number of aliphatic hydroxyl groups excluding tert-OH is 1. The Kier molecular flexibility index (Phi) is 6.59. The van der Waals surface area contributed by atoms with Crippen molar-refractivity contribution in [3.63, 3.8) is 0 Å². The molecule has 0 bridgehead atoms. The summed E-state index contributed by atoms with van der Waals surface area (Å²) in [5, 5.41) is 9.06. The van der Waals surface area contributed by atoms with Crippen LogP contribution in [0, 0.1) is 0 Å². The monoisotopic (exact) mass is 188 g/mol. The van der Waals surface area contributed by atoms with Crippen LogP contribution in [0.2, 0.25) is 0 Å². The minimum atomic E-state index is -0.588. The van der Waals surface area contributed by atoms with Crippen LogP contribution >= 0.6 is 0 Å². The number of carbonyl (C=O) groups is 1. The zero-order chi connectivity index (χ0) is 10.3. The summed E-state index contributed by atoms with van der Waals surface area (Å²) in [6, 6.07) is 0. The highest BCUT2D eigenvalue weighted by Gasteiger charge is 2.13. The van der Waals surface area contributed by atoms with Crippen LogP contribution < -0.4 is 0 Å². The molecule has 0 fully saturated rings. The first kappa shape index (κ1) is 12.4. The van der Waals surface area contributed by atoms with Crippen molar-refractivity contribution < 1.29 is 14.6 Å². The Morgan fingerprint density at radius 3 is 2.46 bits per heavy atom. The molecule has 3 heteroatoms. The predicted octanol–water partition coefficient (Wildman–Crippen LogP) is 1.88. The van der Waals surface area contributed by atoms with E-state index in [9.17, 15) is 4.79 Å². The number of carbonyl (C=O) groups excluding carboxylic acids is 1. The lowest BCUT2D eigenvalue weighted by molar-refractivity contribution is -0.153. The maximum Gasteiger partial charge on any atom is 0.306 e. The molecule has 0 heterocycles. The first-order valence-corrected chi connectivity index (χ1v) is 4.95. The molecule has 0 aliphatic heterocycles. The fourth-order valence-corrected chi connectivity index (χ4v) is 0.884. The van der Waals surface area contributed by atoms with Crippen LogP contribution in [0.25, 0.3) is 0 Å². The SMILES string of the molecule is CCCCCC(=O)O[C@H](C)[C@H](C)O.